The third kappa shape index (κ3) is 2.71. The molecule has 0 aliphatic heterocycles. The fourth-order valence-corrected chi connectivity index (χ4v) is 1.66. The van der Waals surface area contributed by atoms with Gasteiger partial charge in [-0.1, -0.05) is 37.6 Å². The molecule has 0 amide bonds. The van der Waals surface area contributed by atoms with Gasteiger partial charge < -0.3 is 5.11 Å². The summed E-state index contributed by atoms with van der Waals surface area (Å²) in [5.41, 5.74) is 2.31. The van der Waals surface area contributed by atoms with Crippen molar-refractivity contribution in [3.8, 4) is 0 Å². The summed E-state index contributed by atoms with van der Waals surface area (Å²) in [6.45, 7) is 4.42. The van der Waals surface area contributed by atoms with Crippen LogP contribution in [-0.4, -0.2) is 11.7 Å². The maximum atomic E-state index is 8.79. The summed E-state index contributed by atoms with van der Waals surface area (Å²) in [6, 6.07) is 5.94. The molecule has 0 radical (unpaired) electrons. The average molecular weight is 199 g/mol. The van der Waals surface area contributed by atoms with E-state index in [1.165, 1.54) is 0 Å². The minimum atomic E-state index is 0.194. The van der Waals surface area contributed by atoms with Crippen LogP contribution in [0.25, 0.3) is 0 Å². The van der Waals surface area contributed by atoms with Gasteiger partial charge in [-0.05, 0) is 29.5 Å². The van der Waals surface area contributed by atoms with Crippen molar-refractivity contribution in [2.24, 2.45) is 0 Å². The van der Waals surface area contributed by atoms with Crippen LogP contribution in [0.15, 0.2) is 18.2 Å². The monoisotopic (exact) mass is 198 g/mol. The van der Waals surface area contributed by atoms with E-state index in [0.29, 0.717) is 12.3 Å². The van der Waals surface area contributed by atoms with Crippen LogP contribution in [0, 0.1) is 0 Å². The summed E-state index contributed by atoms with van der Waals surface area (Å²) in [4.78, 5) is 0. The fraction of sp³-hybridized carbons (Fsp3) is 0.455. The molecular weight excluding hydrogens is 184 g/mol. The molecule has 0 aromatic heterocycles. The lowest BCUT2D eigenvalue weighted by Gasteiger charge is -2.09. The maximum Gasteiger partial charge on any atom is 0.0471 e. The molecule has 1 rings (SSSR count). The quantitative estimate of drug-likeness (QED) is 0.792. The topological polar surface area (TPSA) is 20.2 Å². The number of hydrogen-bond donors (Lipinski definition) is 1. The van der Waals surface area contributed by atoms with Gasteiger partial charge in [0.2, 0.25) is 0 Å². The molecule has 1 nitrogen and oxygen atoms in total. The van der Waals surface area contributed by atoms with Crippen molar-refractivity contribution in [2.45, 2.75) is 26.2 Å². The van der Waals surface area contributed by atoms with E-state index in [1.54, 1.807) is 0 Å². The third-order valence-corrected chi connectivity index (χ3v) is 2.43. The Kier molecular flexibility index (Phi) is 3.76. The molecule has 72 valence electrons. The summed E-state index contributed by atoms with van der Waals surface area (Å²) < 4.78 is 0. The number of benzene rings is 1. The van der Waals surface area contributed by atoms with Crippen molar-refractivity contribution < 1.29 is 5.11 Å². The first-order valence-corrected chi connectivity index (χ1v) is 4.92. The summed E-state index contributed by atoms with van der Waals surface area (Å²) in [5.74, 6) is 0.436. The first-order valence-electron chi connectivity index (χ1n) is 4.54. The second kappa shape index (κ2) is 4.64. The van der Waals surface area contributed by atoms with Gasteiger partial charge in [0.25, 0.3) is 0 Å². The number of rotatable bonds is 3. The molecule has 0 bridgehead atoms. The molecule has 0 aliphatic rings. The van der Waals surface area contributed by atoms with Gasteiger partial charge in [-0.3, -0.25) is 0 Å². The number of aliphatic hydroxyl groups is 1. The van der Waals surface area contributed by atoms with Crippen LogP contribution >= 0.6 is 11.6 Å². The van der Waals surface area contributed by atoms with Crippen LogP contribution in [-0.2, 0) is 6.42 Å². The molecule has 1 aromatic rings. The van der Waals surface area contributed by atoms with Gasteiger partial charge in [0.05, 0.1) is 0 Å². The predicted molar refractivity (Wildman–Crippen MR) is 56.3 cm³/mol. The highest BCUT2D eigenvalue weighted by atomic mass is 35.5. The molecule has 2 heteroatoms. The molecule has 13 heavy (non-hydrogen) atoms. The zero-order valence-corrected chi connectivity index (χ0v) is 8.80. The predicted octanol–water partition coefficient (Wildman–Crippen LogP) is 3.00. The Hall–Kier alpha value is -0.530. The van der Waals surface area contributed by atoms with Crippen LogP contribution in [0.1, 0.15) is 30.9 Å². The lowest BCUT2D eigenvalue weighted by Crippen LogP contribution is -1.95. The minimum absolute atomic E-state index is 0.194. The van der Waals surface area contributed by atoms with Gasteiger partial charge >= 0.3 is 0 Å². The smallest absolute Gasteiger partial charge is 0.0471 e. The third-order valence-electron chi connectivity index (χ3n) is 2.08. The van der Waals surface area contributed by atoms with Crippen LogP contribution in [0.2, 0.25) is 5.02 Å². The first-order chi connectivity index (χ1) is 6.15. The van der Waals surface area contributed by atoms with Crippen LogP contribution in [0.5, 0.6) is 0 Å². The van der Waals surface area contributed by atoms with Crippen LogP contribution < -0.4 is 0 Å². The molecule has 0 saturated carbocycles. The summed E-state index contributed by atoms with van der Waals surface area (Å²) in [7, 11) is 0. The zero-order valence-electron chi connectivity index (χ0n) is 8.05. The van der Waals surface area contributed by atoms with E-state index < -0.39 is 0 Å². The molecule has 0 unspecified atom stereocenters. The van der Waals surface area contributed by atoms with Crippen molar-refractivity contribution >= 4 is 11.6 Å². The second-order valence-electron chi connectivity index (χ2n) is 3.48. The van der Waals surface area contributed by atoms with E-state index >= 15 is 0 Å². The van der Waals surface area contributed by atoms with Crippen molar-refractivity contribution in [3.63, 3.8) is 0 Å². The largest absolute Gasteiger partial charge is 0.396 e. The average Bonchev–Trinajstić information content (AvgIpc) is 2.08. The van der Waals surface area contributed by atoms with E-state index in [2.05, 4.69) is 19.9 Å². The normalized spacial score (nSPS) is 10.8. The highest BCUT2D eigenvalue weighted by molar-refractivity contribution is 6.31. The molecule has 0 atom stereocenters. The van der Waals surface area contributed by atoms with E-state index in [0.717, 1.165) is 16.1 Å². The molecule has 0 heterocycles. The zero-order chi connectivity index (χ0) is 9.84. The number of hydrogen-bond acceptors (Lipinski definition) is 1. The Labute approximate surface area is 84.4 Å². The standard InChI is InChI=1S/C11H15ClO/c1-8(2)10-7-9(5-6-13)3-4-11(10)12/h3-4,7-8,13H,5-6H2,1-2H3. The lowest BCUT2D eigenvalue weighted by atomic mass is 10.00. The minimum Gasteiger partial charge on any atom is -0.396 e. The summed E-state index contributed by atoms with van der Waals surface area (Å²) in [6.07, 6.45) is 0.705. The first kappa shape index (κ1) is 10.6. The number of halogens is 1. The second-order valence-corrected chi connectivity index (χ2v) is 3.89. The van der Waals surface area contributed by atoms with Gasteiger partial charge in [0.15, 0.2) is 0 Å². The molecule has 1 aromatic carbocycles. The van der Waals surface area contributed by atoms with Crippen molar-refractivity contribution in [1.82, 2.24) is 0 Å². The van der Waals surface area contributed by atoms with E-state index in [-0.39, 0.29) is 6.61 Å². The SMILES string of the molecule is CC(C)c1cc(CCO)ccc1Cl. The Morgan fingerprint density at radius 3 is 2.62 bits per heavy atom. The molecule has 0 aliphatic carbocycles. The fourth-order valence-electron chi connectivity index (χ4n) is 1.32. The summed E-state index contributed by atoms with van der Waals surface area (Å²) in [5, 5.41) is 9.60. The van der Waals surface area contributed by atoms with Crippen LogP contribution in [0.3, 0.4) is 0 Å². The molecule has 0 fully saturated rings. The van der Waals surface area contributed by atoms with Gasteiger partial charge in [-0.15, -0.1) is 0 Å². The van der Waals surface area contributed by atoms with Crippen molar-refractivity contribution in [3.05, 3.63) is 34.3 Å². The van der Waals surface area contributed by atoms with Gasteiger partial charge in [0, 0.05) is 11.6 Å². The number of aliphatic hydroxyl groups excluding tert-OH is 1. The molecular formula is C11H15ClO. The van der Waals surface area contributed by atoms with E-state index in [4.69, 9.17) is 16.7 Å². The van der Waals surface area contributed by atoms with Crippen molar-refractivity contribution in [1.29, 1.82) is 0 Å². The van der Waals surface area contributed by atoms with Gasteiger partial charge in [-0.2, -0.15) is 0 Å². The maximum absolute atomic E-state index is 8.79. The van der Waals surface area contributed by atoms with Gasteiger partial charge in [-0.25, -0.2) is 0 Å². The molecule has 0 spiro atoms. The Morgan fingerprint density at radius 1 is 1.38 bits per heavy atom. The van der Waals surface area contributed by atoms with Gasteiger partial charge in [0.1, 0.15) is 0 Å². The lowest BCUT2D eigenvalue weighted by molar-refractivity contribution is 0.299. The highest BCUT2D eigenvalue weighted by Gasteiger charge is 2.05. The Balaban J connectivity index is 2.97. The summed E-state index contributed by atoms with van der Waals surface area (Å²) >= 11 is 6.03. The highest BCUT2D eigenvalue weighted by Crippen LogP contribution is 2.25. The van der Waals surface area contributed by atoms with E-state index in [1.807, 2.05) is 12.1 Å². The molecule has 0 saturated heterocycles. The van der Waals surface area contributed by atoms with Crippen molar-refractivity contribution in [2.75, 3.05) is 6.61 Å². The van der Waals surface area contributed by atoms with E-state index in [9.17, 15) is 0 Å². The Morgan fingerprint density at radius 2 is 2.08 bits per heavy atom. The van der Waals surface area contributed by atoms with Crippen LogP contribution in [0.4, 0.5) is 0 Å². The Bertz CT molecular complexity index is 281. The molecule has 1 N–H and O–H groups in total.